The molecule has 0 unspecified atom stereocenters. The van der Waals surface area contributed by atoms with Crippen LogP contribution in [0.15, 0.2) is 36.4 Å². The zero-order valence-electron chi connectivity index (χ0n) is 12.6. The highest BCUT2D eigenvalue weighted by atomic mass is 35.5. The van der Waals surface area contributed by atoms with Crippen LogP contribution in [-0.4, -0.2) is 19.3 Å². The first-order chi connectivity index (χ1) is 11.2. The number of fused-ring (bicyclic) bond motifs is 1. The summed E-state index contributed by atoms with van der Waals surface area (Å²) >= 11 is 6.11. The van der Waals surface area contributed by atoms with Gasteiger partial charge in [0.2, 0.25) is 6.79 Å². The summed E-state index contributed by atoms with van der Waals surface area (Å²) in [6.45, 7) is 2.71. The molecule has 1 N–H and O–H groups in total. The highest BCUT2D eigenvalue weighted by Crippen LogP contribution is 2.40. The molecule has 0 bridgehead atoms. The van der Waals surface area contributed by atoms with Gasteiger partial charge in [-0.15, -0.1) is 0 Å². The highest BCUT2D eigenvalue weighted by Gasteiger charge is 2.21. The molecule has 1 aliphatic rings. The molecule has 5 nitrogen and oxygen atoms in total. The van der Waals surface area contributed by atoms with Gasteiger partial charge in [-0.1, -0.05) is 30.7 Å². The minimum absolute atomic E-state index is 0.105. The van der Waals surface area contributed by atoms with E-state index < -0.39 is 0 Å². The Balaban J connectivity index is 1.81. The van der Waals surface area contributed by atoms with Gasteiger partial charge in [0, 0.05) is 5.56 Å². The topological polar surface area (TPSA) is 56.8 Å². The molecule has 0 spiro atoms. The van der Waals surface area contributed by atoms with Crippen molar-refractivity contribution in [2.24, 2.45) is 0 Å². The van der Waals surface area contributed by atoms with Crippen LogP contribution in [0, 0.1) is 0 Å². The van der Waals surface area contributed by atoms with Crippen LogP contribution in [0.1, 0.15) is 23.7 Å². The summed E-state index contributed by atoms with van der Waals surface area (Å²) < 4.78 is 16.2. The van der Waals surface area contributed by atoms with Crippen LogP contribution < -0.4 is 19.5 Å². The molecule has 1 heterocycles. The number of carbonyl (C=O) groups excluding carboxylic acids is 1. The Morgan fingerprint density at radius 1 is 1.30 bits per heavy atom. The van der Waals surface area contributed by atoms with Crippen LogP contribution in [0.5, 0.6) is 17.2 Å². The normalized spacial score (nSPS) is 12.1. The molecule has 0 saturated carbocycles. The first-order valence-corrected chi connectivity index (χ1v) is 7.69. The van der Waals surface area contributed by atoms with Crippen molar-refractivity contribution < 1.29 is 19.0 Å². The van der Waals surface area contributed by atoms with Crippen molar-refractivity contribution in [3.05, 3.63) is 47.0 Å². The Bertz CT molecular complexity index is 733. The number of nitrogens with one attached hydrogen (secondary N) is 1. The van der Waals surface area contributed by atoms with E-state index >= 15 is 0 Å². The third kappa shape index (κ3) is 3.35. The maximum Gasteiger partial charge on any atom is 0.255 e. The Hall–Kier alpha value is -2.40. The van der Waals surface area contributed by atoms with Gasteiger partial charge in [-0.25, -0.2) is 0 Å². The van der Waals surface area contributed by atoms with E-state index in [-0.39, 0.29) is 12.7 Å². The fourth-order valence-electron chi connectivity index (χ4n) is 2.20. The number of ether oxygens (including phenoxy) is 3. The number of rotatable bonds is 5. The molecule has 0 fully saturated rings. The average Bonchev–Trinajstić information content (AvgIpc) is 3.03. The van der Waals surface area contributed by atoms with Crippen molar-refractivity contribution >= 4 is 23.2 Å². The zero-order chi connectivity index (χ0) is 16.2. The SMILES string of the molecule is CCCOc1ccccc1NC(=O)c1cc(Cl)c2c(c1)OCO2. The molecule has 1 aliphatic heterocycles. The third-order valence-corrected chi connectivity index (χ3v) is 3.57. The van der Waals surface area contributed by atoms with Gasteiger partial charge in [0.1, 0.15) is 5.75 Å². The number of hydrogen-bond acceptors (Lipinski definition) is 4. The van der Waals surface area contributed by atoms with Gasteiger partial charge in [-0.2, -0.15) is 0 Å². The van der Waals surface area contributed by atoms with Crippen molar-refractivity contribution in [3.63, 3.8) is 0 Å². The van der Waals surface area contributed by atoms with Crippen molar-refractivity contribution in [1.29, 1.82) is 0 Å². The number of para-hydroxylation sites is 2. The molecule has 3 rings (SSSR count). The molecule has 0 atom stereocenters. The number of carbonyl (C=O) groups is 1. The number of hydrogen-bond donors (Lipinski definition) is 1. The molecule has 0 radical (unpaired) electrons. The monoisotopic (exact) mass is 333 g/mol. The first-order valence-electron chi connectivity index (χ1n) is 7.31. The van der Waals surface area contributed by atoms with Crippen LogP contribution in [0.4, 0.5) is 5.69 Å². The predicted molar refractivity (Wildman–Crippen MR) is 87.8 cm³/mol. The number of anilines is 1. The summed E-state index contributed by atoms with van der Waals surface area (Å²) in [6.07, 6.45) is 0.889. The lowest BCUT2D eigenvalue weighted by Crippen LogP contribution is -2.13. The molecule has 23 heavy (non-hydrogen) atoms. The summed E-state index contributed by atoms with van der Waals surface area (Å²) in [5.41, 5.74) is 1.00. The Labute approximate surface area is 139 Å². The minimum atomic E-state index is -0.294. The third-order valence-electron chi connectivity index (χ3n) is 3.29. The molecule has 120 valence electrons. The van der Waals surface area contributed by atoms with E-state index in [1.54, 1.807) is 18.2 Å². The molecule has 0 aliphatic carbocycles. The van der Waals surface area contributed by atoms with E-state index in [2.05, 4.69) is 5.32 Å². The fourth-order valence-corrected chi connectivity index (χ4v) is 2.47. The van der Waals surface area contributed by atoms with E-state index in [1.165, 1.54) is 0 Å². The van der Waals surface area contributed by atoms with Gasteiger partial charge in [0.15, 0.2) is 11.5 Å². The summed E-state index contributed by atoms with van der Waals surface area (Å²) in [5, 5.41) is 3.18. The van der Waals surface area contributed by atoms with Crippen LogP contribution in [0.25, 0.3) is 0 Å². The van der Waals surface area contributed by atoms with Gasteiger partial charge in [0.05, 0.1) is 17.3 Å². The summed E-state index contributed by atoms with van der Waals surface area (Å²) in [4.78, 5) is 12.5. The lowest BCUT2D eigenvalue weighted by atomic mass is 10.1. The molecule has 0 saturated heterocycles. The minimum Gasteiger partial charge on any atom is -0.491 e. The zero-order valence-corrected chi connectivity index (χ0v) is 13.4. The van der Waals surface area contributed by atoms with E-state index in [9.17, 15) is 4.79 Å². The van der Waals surface area contributed by atoms with Crippen LogP contribution >= 0.6 is 11.6 Å². The summed E-state index contributed by atoms with van der Waals surface area (Å²) in [5.74, 6) is 1.28. The van der Waals surface area contributed by atoms with Gasteiger partial charge in [-0.3, -0.25) is 4.79 Å². The van der Waals surface area contributed by atoms with Crippen LogP contribution in [0.3, 0.4) is 0 Å². The van der Waals surface area contributed by atoms with Gasteiger partial charge in [-0.05, 0) is 30.7 Å². The fraction of sp³-hybridized carbons (Fsp3) is 0.235. The van der Waals surface area contributed by atoms with Gasteiger partial charge < -0.3 is 19.5 Å². The number of amides is 1. The van der Waals surface area contributed by atoms with E-state index in [0.29, 0.717) is 40.1 Å². The maximum atomic E-state index is 12.5. The largest absolute Gasteiger partial charge is 0.491 e. The Morgan fingerprint density at radius 2 is 2.13 bits per heavy atom. The molecular weight excluding hydrogens is 318 g/mol. The van der Waals surface area contributed by atoms with E-state index in [1.807, 2.05) is 25.1 Å². The molecule has 0 aromatic heterocycles. The Morgan fingerprint density at radius 3 is 2.96 bits per heavy atom. The molecule has 6 heteroatoms. The second-order valence-corrected chi connectivity index (χ2v) is 5.40. The van der Waals surface area contributed by atoms with Crippen molar-refractivity contribution in [2.45, 2.75) is 13.3 Å². The second-order valence-electron chi connectivity index (χ2n) is 4.99. The quantitative estimate of drug-likeness (QED) is 0.894. The van der Waals surface area contributed by atoms with Crippen LogP contribution in [0.2, 0.25) is 5.02 Å². The predicted octanol–water partition coefficient (Wildman–Crippen LogP) is 4.11. The van der Waals surface area contributed by atoms with E-state index in [4.69, 9.17) is 25.8 Å². The van der Waals surface area contributed by atoms with Crippen LogP contribution in [-0.2, 0) is 0 Å². The Kier molecular flexibility index (Phi) is 4.57. The first kappa shape index (κ1) is 15.5. The molecule has 2 aromatic carbocycles. The number of halogens is 1. The van der Waals surface area contributed by atoms with Crippen molar-refractivity contribution in [2.75, 3.05) is 18.7 Å². The van der Waals surface area contributed by atoms with Gasteiger partial charge >= 0.3 is 0 Å². The maximum absolute atomic E-state index is 12.5. The molecular formula is C17H16ClNO4. The smallest absolute Gasteiger partial charge is 0.255 e. The lowest BCUT2D eigenvalue weighted by molar-refractivity contribution is 0.102. The standard InChI is InChI=1S/C17H16ClNO4/c1-2-7-21-14-6-4-3-5-13(14)19-17(20)11-8-12(18)16-15(9-11)22-10-23-16/h3-6,8-9H,2,7,10H2,1H3,(H,19,20). The van der Waals surface area contributed by atoms with Crippen molar-refractivity contribution in [3.8, 4) is 17.2 Å². The van der Waals surface area contributed by atoms with E-state index in [0.717, 1.165) is 6.42 Å². The average molecular weight is 334 g/mol. The van der Waals surface area contributed by atoms with Crippen molar-refractivity contribution in [1.82, 2.24) is 0 Å². The van der Waals surface area contributed by atoms with Gasteiger partial charge in [0.25, 0.3) is 5.91 Å². The second kappa shape index (κ2) is 6.79. The number of benzene rings is 2. The summed E-state index contributed by atoms with van der Waals surface area (Å²) in [6, 6.07) is 10.5. The molecule has 1 amide bonds. The summed E-state index contributed by atoms with van der Waals surface area (Å²) in [7, 11) is 0. The molecule has 2 aromatic rings. The lowest BCUT2D eigenvalue weighted by Gasteiger charge is -2.12. The highest BCUT2D eigenvalue weighted by molar-refractivity contribution is 6.32.